The molecule has 1 aliphatic rings. The lowest BCUT2D eigenvalue weighted by atomic mass is 10.3. The molecule has 0 aliphatic carbocycles. The molecule has 1 atom stereocenters. The summed E-state index contributed by atoms with van der Waals surface area (Å²) in [6.45, 7) is 7.52. The highest BCUT2D eigenvalue weighted by Gasteiger charge is 2.15. The summed E-state index contributed by atoms with van der Waals surface area (Å²) < 4.78 is 0. The van der Waals surface area contributed by atoms with Crippen molar-refractivity contribution in [3.8, 4) is 0 Å². The number of rotatable bonds is 6. The molecule has 0 spiro atoms. The Labute approximate surface area is 131 Å². The van der Waals surface area contributed by atoms with Gasteiger partial charge in [0.05, 0.1) is 5.69 Å². The van der Waals surface area contributed by atoms with Crippen LogP contribution < -0.4 is 15.5 Å². The number of anilines is 1. The molecular weight excluding hydrogens is 282 g/mol. The van der Waals surface area contributed by atoms with E-state index < -0.39 is 0 Å². The number of aliphatic imine (C=N–C) groups is 1. The molecule has 0 aromatic carbocycles. The van der Waals surface area contributed by atoms with Gasteiger partial charge in [0.15, 0.2) is 11.1 Å². The Balaban J connectivity index is 1.75. The molecule has 0 radical (unpaired) electrons. The van der Waals surface area contributed by atoms with Crippen molar-refractivity contribution in [2.45, 2.75) is 45.6 Å². The maximum Gasteiger partial charge on any atom is 0.191 e. The molecule has 6 heteroatoms. The lowest BCUT2D eigenvalue weighted by Crippen LogP contribution is -2.42. The topological polar surface area (TPSA) is 52.6 Å². The van der Waals surface area contributed by atoms with Crippen LogP contribution in [0.1, 0.15) is 38.8 Å². The predicted molar refractivity (Wildman–Crippen MR) is 91.5 cm³/mol. The quantitative estimate of drug-likeness (QED) is 0.625. The molecule has 118 valence electrons. The fourth-order valence-corrected chi connectivity index (χ4v) is 3.22. The standard InChI is InChI=1S/C15H27N5S/c1-4-12(2)18-14(16-3)17-8-7-13-11-21-15(19-13)20-9-5-6-10-20/h11-12H,4-10H2,1-3H3,(H2,16,17,18). The molecule has 1 aliphatic heterocycles. The first kappa shape index (κ1) is 16.1. The van der Waals surface area contributed by atoms with E-state index in [9.17, 15) is 0 Å². The van der Waals surface area contributed by atoms with Crippen molar-refractivity contribution in [1.29, 1.82) is 0 Å². The molecule has 2 N–H and O–H groups in total. The molecule has 2 heterocycles. The van der Waals surface area contributed by atoms with Gasteiger partial charge in [-0.05, 0) is 26.2 Å². The summed E-state index contributed by atoms with van der Waals surface area (Å²) in [7, 11) is 1.81. The molecule has 0 saturated carbocycles. The average molecular weight is 309 g/mol. The van der Waals surface area contributed by atoms with E-state index in [1.54, 1.807) is 11.3 Å². The maximum absolute atomic E-state index is 4.74. The van der Waals surface area contributed by atoms with Crippen molar-refractivity contribution in [2.24, 2.45) is 4.99 Å². The molecule has 1 saturated heterocycles. The molecule has 5 nitrogen and oxygen atoms in total. The minimum Gasteiger partial charge on any atom is -0.356 e. The molecule has 1 fully saturated rings. The van der Waals surface area contributed by atoms with E-state index in [1.807, 2.05) is 7.05 Å². The molecule has 1 aromatic heterocycles. The summed E-state index contributed by atoms with van der Waals surface area (Å²) in [5.74, 6) is 0.874. The van der Waals surface area contributed by atoms with Crippen LogP contribution in [0.3, 0.4) is 0 Å². The van der Waals surface area contributed by atoms with Crippen LogP contribution >= 0.6 is 11.3 Å². The molecule has 1 unspecified atom stereocenters. The van der Waals surface area contributed by atoms with Crippen molar-refractivity contribution in [2.75, 3.05) is 31.6 Å². The van der Waals surface area contributed by atoms with Gasteiger partial charge in [-0.2, -0.15) is 0 Å². The first-order valence-electron chi connectivity index (χ1n) is 7.89. The third-order valence-corrected chi connectivity index (χ3v) is 4.76. The number of aromatic nitrogens is 1. The molecular formula is C15H27N5S. The van der Waals surface area contributed by atoms with Crippen LogP contribution in [0.2, 0.25) is 0 Å². The summed E-state index contributed by atoms with van der Waals surface area (Å²) in [5.41, 5.74) is 1.17. The molecule has 1 aromatic rings. The van der Waals surface area contributed by atoms with Gasteiger partial charge in [0, 0.05) is 44.5 Å². The van der Waals surface area contributed by atoms with Crippen molar-refractivity contribution in [3.63, 3.8) is 0 Å². The van der Waals surface area contributed by atoms with Gasteiger partial charge in [-0.3, -0.25) is 4.99 Å². The van der Waals surface area contributed by atoms with E-state index in [0.29, 0.717) is 6.04 Å². The molecule has 21 heavy (non-hydrogen) atoms. The van der Waals surface area contributed by atoms with E-state index in [4.69, 9.17) is 4.98 Å². The van der Waals surface area contributed by atoms with Crippen LogP contribution in [-0.2, 0) is 6.42 Å². The largest absolute Gasteiger partial charge is 0.356 e. The van der Waals surface area contributed by atoms with Gasteiger partial charge in [0.2, 0.25) is 0 Å². The van der Waals surface area contributed by atoms with E-state index in [1.165, 1.54) is 23.7 Å². The van der Waals surface area contributed by atoms with Gasteiger partial charge in [-0.15, -0.1) is 11.3 Å². The average Bonchev–Trinajstić information content (AvgIpc) is 3.16. The van der Waals surface area contributed by atoms with Crippen LogP contribution in [-0.4, -0.2) is 43.7 Å². The minimum absolute atomic E-state index is 0.442. The number of hydrogen-bond donors (Lipinski definition) is 2. The summed E-state index contributed by atoms with van der Waals surface area (Å²) in [6, 6.07) is 0.442. The Morgan fingerprint density at radius 2 is 2.24 bits per heavy atom. The second-order valence-corrected chi connectivity index (χ2v) is 6.35. The number of nitrogens with one attached hydrogen (secondary N) is 2. The number of nitrogens with zero attached hydrogens (tertiary/aromatic N) is 3. The Hall–Kier alpha value is -1.30. The first-order chi connectivity index (χ1) is 10.2. The van der Waals surface area contributed by atoms with E-state index in [2.05, 4.69) is 39.8 Å². The summed E-state index contributed by atoms with van der Waals surface area (Å²) in [6.07, 6.45) is 4.62. The fourth-order valence-electron chi connectivity index (χ4n) is 2.30. The van der Waals surface area contributed by atoms with Crippen LogP contribution in [0.25, 0.3) is 0 Å². The van der Waals surface area contributed by atoms with Gasteiger partial charge in [-0.25, -0.2) is 4.98 Å². The second kappa shape index (κ2) is 8.22. The van der Waals surface area contributed by atoms with Crippen molar-refractivity contribution in [1.82, 2.24) is 15.6 Å². The Kier molecular flexibility index (Phi) is 6.29. The zero-order chi connectivity index (χ0) is 15.1. The first-order valence-corrected chi connectivity index (χ1v) is 8.77. The smallest absolute Gasteiger partial charge is 0.191 e. The Bertz CT molecular complexity index is 451. The van der Waals surface area contributed by atoms with Crippen molar-refractivity contribution < 1.29 is 0 Å². The van der Waals surface area contributed by atoms with E-state index in [-0.39, 0.29) is 0 Å². The van der Waals surface area contributed by atoms with Crippen molar-refractivity contribution >= 4 is 22.4 Å². The van der Waals surface area contributed by atoms with Crippen LogP contribution in [0, 0.1) is 0 Å². The normalized spacial score (nSPS) is 17.1. The van der Waals surface area contributed by atoms with Gasteiger partial charge in [0.25, 0.3) is 0 Å². The third-order valence-electron chi connectivity index (χ3n) is 3.81. The maximum atomic E-state index is 4.74. The summed E-state index contributed by atoms with van der Waals surface area (Å²) >= 11 is 1.77. The van der Waals surface area contributed by atoms with E-state index in [0.717, 1.165) is 38.4 Å². The summed E-state index contributed by atoms with van der Waals surface area (Å²) in [5, 5.41) is 10.1. The predicted octanol–water partition coefficient (Wildman–Crippen LogP) is 2.25. The Morgan fingerprint density at radius 3 is 2.90 bits per heavy atom. The van der Waals surface area contributed by atoms with E-state index >= 15 is 0 Å². The van der Waals surface area contributed by atoms with Crippen molar-refractivity contribution in [3.05, 3.63) is 11.1 Å². The fraction of sp³-hybridized carbons (Fsp3) is 0.733. The number of guanidine groups is 1. The third kappa shape index (κ3) is 4.88. The minimum atomic E-state index is 0.442. The van der Waals surface area contributed by atoms with Crippen LogP contribution in [0.5, 0.6) is 0 Å². The van der Waals surface area contributed by atoms with Crippen LogP contribution in [0.15, 0.2) is 10.4 Å². The Morgan fingerprint density at radius 1 is 1.48 bits per heavy atom. The zero-order valence-electron chi connectivity index (χ0n) is 13.4. The van der Waals surface area contributed by atoms with Gasteiger partial charge in [-0.1, -0.05) is 6.92 Å². The summed E-state index contributed by atoms with van der Waals surface area (Å²) in [4.78, 5) is 11.4. The van der Waals surface area contributed by atoms with Gasteiger partial charge >= 0.3 is 0 Å². The number of thiazole rings is 1. The molecule has 2 rings (SSSR count). The highest BCUT2D eigenvalue weighted by atomic mass is 32.1. The number of hydrogen-bond acceptors (Lipinski definition) is 4. The lowest BCUT2D eigenvalue weighted by Gasteiger charge is -2.16. The SMILES string of the molecule is CCC(C)NC(=NC)NCCc1csc(N2CCCC2)n1. The zero-order valence-corrected chi connectivity index (χ0v) is 14.2. The highest BCUT2D eigenvalue weighted by molar-refractivity contribution is 7.13. The van der Waals surface area contributed by atoms with Crippen LogP contribution in [0.4, 0.5) is 5.13 Å². The lowest BCUT2D eigenvalue weighted by molar-refractivity contribution is 0.623. The van der Waals surface area contributed by atoms with Gasteiger partial charge in [0.1, 0.15) is 0 Å². The molecule has 0 bridgehead atoms. The molecule has 0 amide bonds. The van der Waals surface area contributed by atoms with Gasteiger partial charge < -0.3 is 15.5 Å². The monoisotopic (exact) mass is 309 g/mol. The second-order valence-electron chi connectivity index (χ2n) is 5.52. The highest BCUT2D eigenvalue weighted by Crippen LogP contribution is 2.24.